The molecule has 0 aliphatic carbocycles. The molecule has 0 spiro atoms. The molecule has 2 fully saturated rings. The number of carbonyl (C=O) groups excluding carboxylic acids is 2. The van der Waals surface area contributed by atoms with Crippen LogP contribution in [0.15, 0.2) is 53.4 Å². The Balaban J connectivity index is 1.53. The molecule has 12 heteroatoms. The molecule has 2 heterocycles. The number of nitrogens with zero attached hydrogens (tertiary/aromatic N) is 4. The molecule has 0 radical (unpaired) electrons. The summed E-state index contributed by atoms with van der Waals surface area (Å²) in [5.41, 5.74) is 0.773. The number of thioether (sulfide) groups is 1. The van der Waals surface area contributed by atoms with Gasteiger partial charge in [0.25, 0.3) is 17.5 Å². The number of para-hydroxylation sites is 1. The van der Waals surface area contributed by atoms with E-state index >= 15 is 0 Å². The van der Waals surface area contributed by atoms with E-state index in [1.54, 1.807) is 24.3 Å². The first-order valence-corrected chi connectivity index (χ1v) is 12.0. The molecule has 2 saturated heterocycles. The highest BCUT2D eigenvalue weighted by Gasteiger charge is 2.37. The third kappa shape index (κ3) is 6.03. The fourth-order valence-electron chi connectivity index (χ4n) is 3.60. The fraction of sp³-hybridized carbons (Fsp3) is 0.261. The number of non-ortho nitro benzene ring substituents is 1. The molecule has 2 aromatic carbocycles. The number of likely N-dealkylation sites (N-methyl/N-ethyl adjacent to an activating group) is 1. The van der Waals surface area contributed by atoms with Crippen molar-refractivity contribution in [2.24, 2.45) is 0 Å². The van der Waals surface area contributed by atoms with Crippen LogP contribution in [0.3, 0.4) is 0 Å². The summed E-state index contributed by atoms with van der Waals surface area (Å²) in [6.45, 7) is 2.64. The molecule has 182 valence electrons. The maximum absolute atomic E-state index is 13.2. The van der Waals surface area contributed by atoms with Gasteiger partial charge in [0.2, 0.25) is 0 Å². The van der Waals surface area contributed by atoms with Gasteiger partial charge in [-0.2, -0.15) is 0 Å². The van der Waals surface area contributed by atoms with Gasteiger partial charge in [-0.25, -0.2) is 10.0 Å². The Kier molecular flexibility index (Phi) is 7.76. The Bertz CT molecular complexity index is 1180. The van der Waals surface area contributed by atoms with Crippen molar-refractivity contribution in [2.75, 3.05) is 45.2 Å². The van der Waals surface area contributed by atoms with Crippen LogP contribution in [0.4, 0.5) is 11.4 Å². The Hall–Kier alpha value is -3.32. The number of hydrogen-bond donors (Lipinski definition) is 1. The number of ether oxygens (including phenoxy) is 1. The Morgan fingerprint density at radius 2 is 1.91 bits per heavy atom. The predicted molar refractivity (Wildman–Crippen MR) is 138 cm³/mol. The zero-order valence-electron chi connectivity index (χ0n) is 18.9. The number of nitro groups is 1. The molecule has 0 bridgehead atoms. The van der Waals surface area contributed by atoms with E-state index in [9.17, 15) is 19.7 Å². The molecule has 10 nitrogen and oxygen atoms in total. The van der Waals surface area contributed by atoms with Gasteiger partial charge in [0.05, 0.1) is 9.83 Å². The monoisotopic (exact) mass is 513 g/mol. The second-order valence-corrected chi connectivity index (χ2v) is 9.61. The van der Waals surface area contributed by atoms with E-state index in [-0.39, 0.29) is 29.9 Å². The highest BCUT2D eigenvalue weighted by atomic mass is 32.2. The van der Waals surface area contributed by atoms with E-state index in [1.807, 2.05) is 18.1 Å². The summed E-state index contributed by atoms with van der Waals surface area (Å²) in [5.74, 6) is -0.436. The van der Waals surface area contributed by atoms with E-state index in [0.717, 1.165) is 24.9 Å². The number of amides is 2. The van der Waals surface area contributed by atoms with Crippen molar-refractivity contribution >= 4 is 57.6 Å². The SMILES string of the molecule is CN1CCN(N2C(=O)/C(=C/c3cc([N+](=O)[O-])ccc3OCC(=O)Nc3ccccc3)SC2=S)CC1. The number of anilines is 1. The van der Waals surface area contributed by atoms with Crippen molar-refractivity contribution in [1.82, 2.24) is 14.9 Å². The van der Waals surface area contributed by atoms with Crippen molar-refractivity contribution in [3.05, 3.63) is 69.1 Å². The van der Waals surface area contributed by atoms with Gasteiger partial charge in [0, 0.05) is 49.6 Å². The molecular formula is C23H23N5O5S2. The highest BCUT2D eigenvalue weighted by molar-refractivity contribution is 8.26. The number of nitro benzene ring substituents is 1. The lowest BCUT2D eigenvalue weighted by Gasteiger charge is -2.37. The Morgan fingerprint density at radius 3 is 2.60 bits per heavy atom. The summed E-state index contributed by atoms with van der Waals surface area (Å²) in [6, 6.07) is 12.9. The molecule has 2 aliphatic heterocycles. The van der Waals surface area contributed by atoms with E-state index in [2.05, 4.69) is 10.2 Å². The molecule has 0 aromatic heterocycles. The lowest BCUT2D eigenvalue weighted by molar-refractivity contribution is -0.384. The smallest absolute Gasteiger partial charge is 0.280 e. The number of benzene rings is 2. The van der Waals surface area contributed by atoms with Crippen molar-refractivity contribution < 1.29 is 19.2 Å². The predicted octanol–water partition coefficient (Wildman–Crippen LogP) is 2.98. The second-order valence-electron chi connectivity index (χ2n) is 7.93. The molecule has 0 atom stereocenters. The number of hydrogen-bond acceptors (Lipinski definition) is 9. The highest BCUT2D eigenvalue weighted by Crippen LogP contribution is 2.36. The van der Waals surface area contributed by atoms with E-state index < -0.39 is 4.92 Å². The lowest BCUT2D eigenvalue weighted by atomic mass is 10.1. The molecular weight excluding hydrogens is 490 g/mol. The average Bonchev–Trinajstić information content (AvgIpc) is 3.12. The Morgan fingerprint density at radius 1 is 1.20 bits per heavy atom. The summed E-state index contributed by atoms with van der Waals surface area (Å²) in [7, 11) is 2.02. The van der Waals surface area contributed by atoms with Crippen LogP contribution in [0.25, 0.3) is 6.08 Å². The minimum Gasteiger partial charge on any atom is -0.483 e. The summed E-state index contributed by atoms with van der Waals surface area (Å²) in [6.07, 6.45) is 1.52. The first kappa shape index (κ1) is 24.8. The van der Waals surface area contributed by atoms with Gasteiger partial charge in [-0.05, 0) is 31.3 Å². The molecule has 2 amide bonds. The summed E-state index contributed by atoms with van der Waals surface area (Å²) >= 11 is 6.58. The summed E-state index contributed by atoms with van der Waals surface area (Å²) < 4.78 is 6.07. The molecule has 1 N–H and O–H groups in total. The van der Waals surface area contributed by atoms with Crippen molar-refractivity contribution in [3.63, 3.8) is 0 Å². The molecule has 35 heavy (non-hydrogen) atoms. The van der Waals surface area contributed by atoms with E-state index in [0.29, 0.717) is 33.6 Å². The number of carbonyl (C=O) groups is 2. The molecule has 4 rings (SSSR count). The third-order valence-corrected chi connectivity index (χ3v) is 6.73. The lowest BCUT2D eigenvalue weighted by Crippen LogP contribution is -2.54. The normalized spacial score (nSPS) is 18.2. The maximum Gasteiger partial charge on any atom is 0.280 e. The van der Waals surface area contributed by atoms with Gasteiger partial charge in [-0.15, -0.1) is 0 Å². The van der Waals surface area contributed by atoms with Crippen LogP contribution < -0.4 is 10.1 Å². The van der Waals surface area contributed by atoms with Gasteiger partial charge in [0.15, 0.2) is 10.9 Å². The van der Waals surface area contributed by atoms with Gasteiger partial charge < -0.3 is 15.0 Å². The zero-order valence-corrected chi connectivity index (χ0v) is 20.5. The van der Waals surface area contributed by atoms with Crippen LogP contribution in [0.1, 0.15) is 5.56 Å². The largest absolute Gasteiger partial charge is 0.483 e. The van der Waals surface area contributed by atoms with Crippen LogP contribution in [0, 0.1) is 10.1 Å². The van der Waals surface area contributed by atoms with E-state index in [1.165, 1.54) is 29.3 Å². The first-order valence-electron chi connectivity index (χ1n) is 10.8. The third-order valence-electron chi connectivity index (χ3n) is 5.44. The van der Waals surface area contributed by atoms with Gasteiger partial charge in [0.1, 0.15) is 5.75 Å². The number of thiocarbonyl (C=S) groups is 1. The number of nitrogens with one attached hydrogen (secondary N) is 1. The van der Waals surface area contributed by atoms with Crippen molar-refractivity contribution in [1.29, 1.82) is 0 Å². The van der Waals surface area contributed by atoms with Crippen LogP contribution in [0.2, 0.25) is 0 Å². The van der Waals surface area contributed by atoms with E-state index in [4.69, 9.17) is 17.0 Å². The minimum absolute atomic E-state index is 0.160. The minimum atomic E-state index is -0.529. The fourth-order valence-corrected chi connectivity index (χ4v) is 4.90. The standard InChI is InChI=1S/C23H23N5O5S2/c1-25-9-11-26(12-10-25)27-22(30)20(35-23(27)34)14-16-13-18(28(31)32)7-8-19(16)33-15-21(29)24-17-5-3-2-4-6-17/h2-8,13-14H,9-12,15H2,1H3,(H,24,29)/b20-14-. The topological polar surface area (TPSA) is 108 Å². The molecule has 0 unspecified atom stereocenters. The summed E-state index contributed by atoms with van der Waals surface area (Å²) in [5, 5.41) is 17.5. The average molecular weight is 514 g/mol. The molecule has 2 aromatic rings. The molecule has 0 saturated carbocycles. The number of piperazine rings is 1. The van der Waals surface area contributed by atoms with Crippen LogP contribution in [-0.2, 0) is 9.59 Å². The zero-order chi connectivity index (χ0) is 24.9. The van der Waals surface area contributed by atoms with Crippen LogP contribution in [0.5, 0.6) is 5.75 Å². The molecule has 2 aliphatic rings. The van der Waals surface area contributed by atoms with Crippen LogP contribution >= 0.6 is 24.0 Å². The first-order chi connectivity index (χ1) is 16.8. The quantitative estimate of drug-likeness (QED) is 0.259. The van der Waals surface area contributed by atoms with Gasteiger partial charge in [-0.1, -0.05) is 42.2 Å². The van der Waals surface area contributed by atoms with Crippen molar-refractivity contribution in [3.8, 4) is 5.75 Å². The van der Waals surface area contributed by atoms with Crippen LogP contribution in [-0.4, -0.2) is 75.8 Å². The second kappa shape index (κ2) is 11.0. The number of hydrazine groups is 1. The van der Waals surface area contributed by atoms with Gasteiger partial charge in [-0.3, -0.25) is 19.7 Å². The van der Waals surface area contributed by atoms with Crippen molar-refractivity contribution in [2.45, 2.75) is 0 Å². The Labute approximate surface area is 211 Å². The van der Waals surface area contributed by atoms with Gasteiger partial charge >= 0.3 is 0 Å². The number of rotatable bonds is 7. The maximum atomic E-state index is 13.2. The summed E-state index contributed by atoms with van der Waals surface area (Å²) in [4.78, 5) is 38.8.